The Labute approximate surface area is 47.8 Å². The van der Waals surface area contributed by atoms with E-state index in [1.807, 2.05) is 0 Å². The molecule has 0 bridgehead atoms. The van der Waals surface area contributed by atoms with Crippen molar-refractivity contribution in [2.24, 2.45) is 0 Å². The fraction of sp³-hybridized carbons (Fsp3) is 0.500. The van der Waals surface area contributed by atoms with Crippen molar-refractivity contribution in [2.45, 2.75) is 0 Å². The molecular formula is C4H7O3P. The summed E-state index contributed by atoms with van der Waals surface area (Å²) < 4.78 is 20.1. The monoisotopic (exact) mass is 134 g/mol. The van der Waals surface area contributed by atoms with Crippen molar-refractivity contribution in [3.05, 3.63) is 12.3 Å². The Hall–Kier alpha value is -0.270. The first kappa shape index (κ1) is 5.86. The van der Waals surface area contributed by atoms with E-state index in [0.717, 1.165) is 0 Å². The normalized spacial score (nSPS) is 36.6. The average molecular weight is 134 g/mol. The fourth-order valence-corrected chi connectivity index (χ4v) is 1.13. The van der Waals surface area contributed by atoms with Gasteiger partial charge in [0.25, 0.3) is 0 Å². The topological polar surface area (TPSA) is 35.5 Å². The summed E-state index contributed by atoms with van der Waals surface area (Å²) in [5, 5.41) is 0. The molecule has 0 amide bonds. The quantitative estimate of drug-likeness (QED) is 0.469. The van der Waals surface area contributed by atoms with Gasteiger partial charge in [0.15, 0.2) is 0 Å². The summed E-state index contributed by atoms with van der Waals surface area (Å²) >= 11 is 0. The molecule has 1 rings (SSSR count). The molecule has 3 nitrogen and oxygen atoms in total. The second kappa shape index (κ2) is 1.92. The Morgan fingerprint density at radius 3 is 2.75 bits per heavy atom. The molecule has 1 unspecified atom stereocenters. The van der Waals surface area contributed by atoms with Gasteiger partial charge in [-0.05, 0) is 6.08 Å². The summed E-state index contributed by atoms with van der Waals surface area (Å²) in [5.41, 5.74) is 0. The van der Waals surface area contributed by atoms with Gasteiger partial charge in [-0.1, -0.05) is 0 Å². The first-order valence-electron chi connectivity index (χ1n) is 2.26. The summed E-state index contributed by atoms with van der Waals surface area (Å²) in [4.78, 5) is 0. The second-order valence-electron chi connectivity index (χ2n) is 1.54. The molecule has 0 fully saturated rings. The van der Waals surface area contributed by atoms with Gasteiger partial charge in [-0.15, -0.1) is 0 Å². The molecule has 1 atom stereocenters. The minimum atomic E-state index is -2.67. The lowest BCUT2D eigenvalue weighted by molar-refractivity contribution is 0.259. The van der Waals surface area contributed by atoms with Gasteiger partial charge in [0.05, 0.1) is 12.9 Å². The first-order valence-corrected chi connectivity index (χ1v) is 4.25. The van der Waals surface area contributed by atoms with Crippen LogP contribution in [0.3, 0.4) is 0 Å². The van der Waals surface area contributed by atoms with E-state index in [4.69, 9.17) is 4.52 Å². The third-order valence-electron chi connectivity index (χ3n) is 0.754. The molecule has 0 N–H and O–H groups in total. The molecule has 46 valence electrons. The van der Waals surface area contributed by atoms with Crippen LogP contribution in [0, 0.1) is 0 Å². The van der Waals surface area contributed by atoms with Gasteiger partial charge in [-0.2, -0.15) is 0 Å². The van der Waals surface area contributed by atoms with Crippen molar-refractivity contribution in [2.75, 3.05) is 13.3 Å². The van der Waals surface area contributed by atoms with E-state index in [2.05, 4.69) is 4.52 Å². The number of rotatable bonds is 0. The van der Waals surface area contributed by atoms with Crippen LogP contribution in [0.2, 0.25) is 0 Å². The highest BCUT2D eigenvalue weighted by Crippen LogP contribution is 2.45. The highest BCUT2D eigenvalue weighted by atomic mass is 31.2. The van der Waals surface area contributed by atoms with Gasteiger partial charge >= 0.3 is 7.60 Å². The Bertz CT molecular complexity index is 151. The Morgan fingerprint density at radius 2 is 2.50 bits per heavy atom. The summed E-state index contributed by atoms with van der Waals surface area (Å²) in [6.07, 6.45) is 3.07. The molecule has 8 heavy (non-hydrogen) atoms. The SMILES string of the molecule is CP1(=O)OC=CCO1. The van der Waals surface area contributed by atoms with Crippen molar-refractivity contribution < 1.29 is 13.6 Å². The standard InChI is InChI=1S/C4H7O3P/c1-8(5)6-3-2-4-7-8/h2-3H,4H2,1H3. The van der Waals surface area contributed by atoms with E-state index in [-0.39, 0.29) is 0 Å². The average Bonchev–Trinajstić information content (AvgIpc) is 1.65. The zero-order chi connectivity index (χ0) is 6.04. The largest absolute Gasteiger partial charge is 0.433 e. The molecule has 0 radical (unpaired) electrons. The molecule has 0 aromatic carbocycles. The molecule has 4 heteroatoms. The molecule has 0 spiro atoms. The van der Waals surface area contributed by atoms with Crippen LogP contribution >= 0.6 is 7.60 Å². The minimum Gasteiger partial charge on any atom is -0.433 e. The predicted octanol–water partition coefficient (Wildman–Crippen LogP) is 1.37. The van der Waals surface area contributed by atoms with Gasteiger partial charge in [0, 0.05) is 6.66 Å². The van der Waals surface area contributed by atoms with Crippen LogP contribution in [0.25, 0.3) is 0 Å². The van der Waals surface area contributed by atoms with Crippen molar-refractivity contribution >= 4 is 7.60 Å². The summed E-state index contributed by atoms with van der Waals surface area (Å²) in [6.45, 7) is 1.84. The van der Waals surface area contributed by atoms with Crippen molar-refractivity contribution in [3.8, 4) is 0 Å². The van der Waals surface area contributed by atoms with Crippen LogP contribution in [0.15, 0.2) is 12.3 Å². The molecule has 1 heterocycles. The van der Waals surface area contributed by atoms with Crippen molar-refractivity contribution in [3.63, 3.8) is 0 Å². The van der Waals surface area contributed by atoms with Gasteiger partial charge in [0.1, 0.15) is 0 Å². The van der Waals surface area contributed by atoms with Crippen LogP contribution in [0.5, 0.6) is 0 Å². The first-order chi connectivity index (χ1) is 3.71. The maximum atomic E-state index is 10.7. The van der Waals surface area contributed by atoms with Crippen molar-refractivity contribution in [1.29, 1.82) is 0 Å². The van der Waals surface area contributed by atoms with Crippen LogP contribution < -0.4 is 0 Å². The summed E-state index contributed by atoms with van der Waals surface area (Å²) in [5.74, 6) is 0. The lowest BCUT2D eigenvalue weighted by Gasteiger charge is -2.14. The minimum absolute atomic E-state index is 0.397. The van der Waals surface area contributed by atoms with Gasteiger partial charge in [-0.25, -0.2) is 4.57 Å². The third-order valence-corrected chi connectivity index (χ3v) is 1.88. The summed E-state index contributed by atoms with van der Waals surface area (Å²) in [6, 6.07) is 0. The van der Waals surface area contributed by atoms with E-state index >= 15 is 0 Å². The maximum absolute atomic E-state index is 10.7. The zero-order valence-electron chi connectivity index (χ0n) is 4.53. The third kappa shape index (κ3) is 1.35. The number of hydrogen-bond acceptors (Lipinski definition) is 3. The molecule has 0 aromatic heterocycles. The van der Waals surface area contributed by atoms with E-state index in [1.165, 1.54) is 12.9 Å². The lowest BCUT2D eigenvalue weighted by Crippen LogP contribution is -1.95. The van der Waals surface area contributed by atoms with Gasteiger partial charge in [0.2, 0.25) is 0 Å². The molecule has 0 saturated heterocycles. The molecule has 1 aliphatic heterocycles. The van der Waals surface area contributed by atoms with E-state index in [0.29, 0.717) is 6.61 Å². The molecule has 0 aromatic rings. The highest BCUT2D eigenvalue weighted by molar-refractivity contribution is 7.53. The Balaban J connectivity index is 2.63. The van der Waals surface area contributed by atoms with Gasteiger partial charge in [-0.3, -0.25) is 4.52 Å². The second-order valence-corrected chi connectivity index (χ2v) is 3.56. The maximum Gasteiger partial charge on any atom is 0.375 e. The van der Waals surface area contributed by atoms with E-state index in [1.54, 1.807) is 6.08 Å². The Kier molecular flexibility index (Phi) is 1.41. The van der Waals surface area contributed by atoms with Crippen LogP contribution in [-0.2, 0) is 13.6 Å². The predicted molar refractivity (Wildman–Crippen MR) is 29.7 cm³/mol. The van der Waals surface area contributed by atoms with Crippen LogP contribution in [0.1, 0.15) is 0 Å². The van der Waals surface area contributed by atoms with Crippen LogP contribution in [-0.4, -0.2) is 13.3 Å². The van der Waals surface area contributed by atoms with E-state index in [9.17, 15) is 4.57 Å². The van der Waals surface area contributed by atoms with Crippen LogP contribution in [0.4, 0.5) is 0 Å². The lowest BCUT2D eigenvalue weighted by atomic mass is 10.7. The zero-order valence-corrected chi connectivity index (χ0v) is 5.43. The molecular weight excluding hydrogens is 127 g/mol. The molecule has 1 aliphatic rings. The smallest absolute Gasteiger partial charge is 0.375 e. The van der Waals surface area contributed by atoms with E-state index < -0.39 is 7.60 Å². The number of hydrogen-bond donors (Lipinski definition) is 0. The van der Waals surface area contributed by atoms with Crippen molar-refractivity contribution in [1.82, 2.24) is 0 Å². The highest BCUT2D eigenvalue weighted by Gasteiger charge is 2.17. The molecule has 0 aliphatic carbocycles. The molecule has 0 saturated carbocycles. The Morgan fingerprint density at radius 1 is 1.75 bits per heavy atom. The summed E-state index contributed by atoms with van der Waals surface area (Å²) in [7, 11) is -2.67. The van der Waals surface area contributed by atoms with Gasteiger partial charge < -0.3 is 4.52 Å². The fourth-order valence-electron chi connectivity index (χ4n) is 0.402.